The van der Waals surface area contributed by atoms with Crippen LogP contribution >= 0.6 is 12.2 Å². The van der Waals surface area contributed by atoms with Crippen molar-refractivity contribution in [2.24, 2.45) is 0 Å². The Bertz CT molecular complexity index is 493. The van der Waals surface area contributed by atoms with Crippen LogP contribution in [0.4, 0.5) is 5.69 Å². The van der Waals surface area contributed by atoms with Gasteiger partial charge in [-0.1, -0.05) is 42.8 Å². The van der Waals surface area contributed by atoms with Crippen molar-refractivity contribution in [1.29, 1.82) is 0 Å². The molecule has 0 bridgehead atoms. The molecule has 0 radical (unpaired) electrons. The van der Waals surface area contributed by atoms with Gasteiger partial charge in [0.15, 0.2) is 4.99 Å². The van der Waals surface area contributed by atoms with Crippen LogP contribution in [0.3, 0.4) is 0 Å². The van der Waals surface area contributed by atoms with Gasteiger partial charge in [0.1, 0.15) is 0 Å². The Labute approximate surface area is 119 Å². The van der Waals surface area contributed by atoms with Gasteiger partial charge in [0, 0.05) is 11.7 Å². The molecule has 1 aromatic rings. The van der Waals surface area contributed by atoms with E-state index >= 15 is 0 Å². The van der Waals surface area contributed by atoms with Crippen LogP contribution in [-0.2, 0) is 4.79 Å². The number of rotatable bonds is 2. The zero-order chi connectivity index (χ0) is 13.8. The van der Waals surface area contributed by atoms with Gasteiger partial charge in [0.25, 0.3) is 5.91 Å². The quantitative estimate of drug-likeness (QED) is 0.816. The molecule has 19 heavy (non-hydrogen) atoms. The normalized spacial score (nSPS) is 15.3. The van der Waals surface area contributed by atoms with E-state index in [-0.39, 0.29) is 5.91 Å². The topological polar surface area (TPSA) is 41.1 Å². The van der Waals surface area contributed by atoms with Gasteiger partial charge in [0.2, 0.25) is 0 Å². The number of benzene rings is 1. The lowest BCUT2D eigenvalue weighted by Gasteiger charge is -2.15. The predicted molar refractivity (Wildman–Crippen MR) is 82.5 cm³/mol. The molecule has 3 nitrogen and oxygen atoms in total. The summed E-state index contributed by atoms with van der Waals surface area (Å²) in [4.78, 5) is 12.3. The van der Waals surface area contributed by atoms with Gasteiger partial charge >= 0.3 is 0 Å². The lowest BCUT2D eigenvalue weighted by atomic mass is 10.1. The van der Waals surface area contributed by atoms with Crippen molar-refractivity contribution >= 4 is 28.8 Å². The van der Waals surface area contributed by atoms with Crippen LogP contribution in [0.25, 0.3) is 0 Å². The Hall–Kier alpha value is -1.42. The number of thiocarbonyl (C=S) groups is 1. The highest BCUT2D eigenvalue weighted by Gasteiger charge is 2.19. The second-order valence-electron chi connectivity index (χ2n) is 5.23. The molecule has 4 heteroatoms. The van der Waals surface area contributed by atoms with Gasteiger partial charge in [-0.25, -0.2) is 0 Å². The summed E-state index contributed by atoms with van der Waals surface area (Å²) in [6.07, 6.45) is 4.66. The van der Waals surface area contributed by atoms with Gasteiger partial charge in [-0.2, -0.15) is 0 Å². The number of aryl methyl sites for hydroxylation is 2. The average Bonchev–Trinajstić information content (AvgIpc) is 2.85. The van der Waals surface area contributed by atoms with E-state index in [2.05, 4.69) is 10.6 Å². The van der Waals surface area contributed by atoms with Crippen LogP contribution in [0.2, 0.25) is 0 Å². The van der Waals surface area contributed by atoms with Crippen molar-refractivity contribution in [3.63, 3.8) is 0 Å². The Morgan fingerprint density at radius 2 is 1.95 bits per heavy atom. The van der Waals surface area contributed by atoms with Gasteiger partial charge in [-0.15, -0.1) is 0 Å². The lowest BCUT2D eigenvalue weighted by Crippen LogP contribution is -2.39. The molecule has 1 aliphatic carbocycles. The highest BCUT2D eigenvalue weighted by molar-refractivity contribution is 7.82. The van der Waals surface area contributed by atoms with Crippen LogP contribution in [0, 0.1) is 13.8 Å². The first-order valence-corrected chi connectivity index (χ1v) is 7.16. The van der Waals surface area contributed by atoms with E-state index in [1.807, 2.05) is 32.0 Å². The largest absolute Gasteiger partial charge is 0.369 e. The fraction of sp³-hybridized carbons (Fsp3) is 0.467. The highest BCUT2D eigenvalue weighted by atomic mass is 32.1. The third kappa shape index (κ3) is 3.77. The molecule has 102 valence electrons. The van der Waals surface area contributed by atoms with Crippen molar-refractivity contribution < 1.29 is 4.79 Å². The summed E-state index contributed by atoms with van der Waals surface area (Å²) in [5.74, 6) is -0.214. The molecule has 1 fully saturated rings. The molecule has 0 aliphatic heterocycles. The van der Waals surface area contributed by atoms with Gasteiger partial charge in [-0.3, -0.25) is 4.79 Å². The molecule has 1 saturated carbocycles. The summed E-state index contributed by atoms with van der Waals surface area (Å²) < 4.78 is 0. The fourth-order valence-corrected chi connectivity index (χ4v) is 2.67. The molecule has 0 unspecified atom stereocenters. The standard InChI is InChI=1S/C15H20N2OS/c1-10-7-8-13(11(2)9-10)17-14(18)15(19)16-12-5-3-4-6-12/h7-9,12H,3-6H2,1-2H3,(H,16,19)(H,17,18). The van der Waals surface area contributed by atoms with E-state index < -0.39 is 0 Å². The summed E-state index contributed by atoms with van der Waals surface area (Å²) in [6.45, 7) is 4.01. The summed E-state index contributed by atoms with van der Waals surface area (Å²) in [6, 6.07) is 6.32. The first-order valence-electron chi connectivity index (χ1n) is 6.75. The number of carbonyl (C=O) groups excluding carboxylic acids is 1. The van der Waals surface area contributed by atoms with Crippen molar-refractivity contribution in [2.45, 2.75) is 45.6 Å². The Kier molecular flexibility index (Phi) is 4.53. The minimum Gasteiger partial charge on any atom is -0.369 e. The lowest BCUT2D eigenvalue weighted by molar-refractivity contribution is -0.110. The van der Waals surface area contributed by atoms with Crippen molar-refractivity contribution in [2.75, 3.05) is 5.32 Å². The number of hydrogen-bond acceptors (Lipinski definition) is 2. The summed E-state index contributed by atoms with van der Waals surface area (Å²) >= 11 is 5.16. The van der Waals surface area contributed by atoms with Crippen molar-refractivity contribution in [3.05, 3.63) is 29.3 Å². The van der Waals surface area contributed by atoms with E-state index in [1.165, 1.54) is 18.4 Å². The number of carbonyl (C=O) groups is 1. The van der Waals surface area contributed by atoms with Crippen LogP contribution in [-0.4, -0.2) is 16.9 Å². The molecule has 0 spiro atoms. The van der Waals surface area contributed by atoms with Gasteiger partial charge < -0.3 is 10.6 Å². The SMILES string of the molecule is Cc1ccc(NC(=O)C(=S)NC2CCCC2)c(C)c1. The maximum absolute atomic E-state index is 12.0. The van der Waals surface area contributed by atoms with E-state index in [1.54, 1.807) is 0 Å². The second-order valence-corrected chi connectivity index (χ2v) is 5.64. The number of hydrogen-bond donors (Lipinski definition) is 2. The average molecular weight is 276 g/mol. The number of amides is 1. The van der Waals surface area contributed by atoms with Crippen molar-refractivity contribution in [3.8, 4) is 0 Å². The van der Waals surface area contributed by atoms with Crippen LogP contribution < -0.4 is 10.6 Å². The van der Waals surface area contributed by atoms with E-state index in [9.17, 15) is 4.79 Å². The van der Waals surface area contributed by atoms with Crippen LogP contribution in [0.5, 0.6) is 0 Å². The summed E-state index contributed by atoms with van der Waals surface area (Å²) in [5.41, 5.74) is 3.06. The summed E-state index contributed by atoms with van der Waals surface area (Å²) in [5, 5.41) is 6.02. The Morgan fingerprint density at radius 3 is 2.58 bits per heavy atom. The number of anilines is 1. The zero-order valence-corrected chi connectivity index (χ0v) is 12.3. The van der Waals surface area contributed by atoms with E-state index in [4.69, 9.17) is 12.2 Å². The molecule has 0 atom stereocenters. The Morgan fingerprint density at radius 1 is 1.26 bits per heavy atom. The molecule has 0 aromatic heterocycles. The molecule has 1 aromatic carbocycles. The number of nitrogens with one attached hydrogen (secondary N) is 2. The van der Waals surface area contributed by atoms with Crippen LogP contribution in [0.15, 0.2) is 18.2 Å². The molecular weight excluding hydrogens is 256 g/mol. The fourth-order valence-electron chi connectivity index (χ4n) is 2.45. The zero-order valence-electron chi connectivity index (χ0n) is 11.5. The third-order valence-electron chi connectivity index (χ3n) is 3.53. The maximum atomic E-state index is 12.0. The molecule has 0 saturated heterocycles. The van der Waals surface area contributed by atoms with E-state index in [0.29, 0.717) is 11.0 Å². The minimum atomic E-state index is -0.214. The first-order chi connectivity index (χ1) is 9.06. The molecule has 2 N–H and O–H groups in total. The van der Waals surface area contributed by atoms with Gasteiger partial charge in [-0.05, 0) is 38.3 Å². The van der Waals surface area contributed by atoms with E-state index in [0.717, 1.165) is 24.1 Å². The monoisotopic (exact) mass is 276 g/mol. The van der Waals surface area contributed by atoms with Crippen LogP contribution in [0.1, 0.15) is 36.8 Å². The second kappa shape index (κ2) is 6.15. The highest BCUT2D eigenvalue weighted by Crippen LogP contribution is 2.18. The molecule has 2 rings (SSSR count). The smallest absolute Gasteiger partial charge is 0.283 e. The molecule has 1 aliphatic rings. The Balaban J connectivity index is 1.94. The first kappa shape index (κ1) is 14.0. The molecular formula is C15H20N2OS. The predicted octanol–water partition coefficient (Wildman–Crippen LogP) is 3.10. The summed E-state index contributed by atoms with van der Waals surface area (Å²) in [7, 11) is 0. The van der Waals surface area contributed by atoms with Crippen molar-refractivity contribution in [1.82, 2.24) is 5.32 Å². The maximum Gasteiger partial charge on any atom is 0.283 e. The van der Waals surface area contributed by atoms with Gasteiger partial charge in [0.05, 0.1) is 0 Å². The third-order valence-corrected chi connectivity index (χ3v) is 3.83. The minimum absolute atomic E-state index is 0.214. The molecule has 1 amide bonds. The molecule has 0 heterocycles.